The van der Waals surface area contributed by atoms with E-state index in [0.29, 0.717) is 19.3 Å². The maximum atomic E-state index is 12.1. The number of nitrogens with zero attached hydrogens (tertiary/aromatic N) is 2. The van der Waals surface area contributed by atoms with Crippen molar-refractivity contribution in [3.8, 4) is 0 Å². The molecule has 110 valence electrons. The zero-order valence-corrected chi connectivity index (χ0v) is 12.4. The molecule has 0 saturated heterocycles. The minimum Gasteiger partial charge on any atom is -0.343 e. The Morgan fingerprint density at radius 2 is 2.10 bits per heavy atom. The Morgan fingerprint density at radius 1 is 1.35 bits per heavy atom. The molecule has 0 unspecified atom stereocenters. The van der Waals surface area contributed by atoms with Gasteiger partial charge in [-0.25, -0.2) is 18.1 Å². The minimum atomic E-state index is -3.56. The highest BCUT2D eigenvalue weighted by Gasteiger charge is 2.18. The maximum Gasteiger partial charge on any atom is 0.264 e. The first-order chi connectivity index (χ1) is 9.62. The van der Waals surface area contributed by atoms with Gasteiger partial charge >= 0.3 is 0 Å². The quantitative estimate of drug-likeness (QED) is 0.848. The lowest BCUT2D eigenvalue weighted by atomic mass is 10.3. The van der Waals surface area contributed by atoms with Crippen molar-refractivity contribution in [3.05, 3.63) is 30.3 Å². The molecule has 1 aliphatic rings. The first kappa shape index (κ1) is 14.8. The largest absolute Gasteiger partial charge is 0.343 e. The molecule has 1 aromatic rings. The molecule has 20 heavy (non-hydrogen) atoms. The average molecular weight is 296 g/mol. The topological polar surface area (TPSA) is 73.8 Å². The van der Waals surface area contributed by atoms with Crippen LogP contribution in [0.5, 0.6) is 0 Å². The van der Waals surface area contributed by atoms with Gasteiger partial charge in [-0.1, -0.05) is 31.5 Å². The summed E-state index contributed by atoms with van der Waals surface area (Å²) in [5.41, 5.74) is 0. The number of sulfonamides is 1. The van der Waals surface area contributed by atoms with Crippen LogP contribution in [0.2, 0.25) is 0 Å². The summed E-state index contributed by atoms with van der Waals surface area (Å²) >= 11 is 0. The summed E-state index contributed by atoms with van der Waals surface area (Å²) in [7, 11) is -3.56. The van der Waals surface area contributed by atoms with Crippen molar-refractivity contribution in [2.75, 3.05) is 19.9 Å². The second-order valence-corrected chi connectivity index (χ2v) is 6.33. The Morgan fingerprint density at radius 3 is 2.70 bits per heavy atom. The van der Waals surface area contributed by atoms with E-state index in [1.165, 1.54) is 0 Å². The highest BCUT2D eigenvalue weighted by atomic mass is 32.2. The van der Waals surface area contributed by atoms with Gasteiger partial charge in [0.1, 0.15) is 0 Å². The molecule has 0 spiro atoms. The van der Waals surface area contributed by atoms with Gasteiger partial charge in [0.05, 0.1) is 18.2 Å². The Hall–Kier alpha value is -1.60. The molecule has 2 rings (SSSR count). The van der Waals surface area contributed by atoms with E-state index in [2.05, 4.69) is 26.9 Å². The van der Waals surface area contributed by atoms with Crippen LogP contribution >= 0.6 is 0 Å². The van der Waals surface area contributed by atoms with Crippen LogP contribution in [0, 0.1) is 0 Å². The van der Waals surface area contributed by atoms with Crippen LogP contribution in [0.4, 0.5) is 0 Å². The lowest BCUT2D eigenvalue weighted by molar-refractivity contribution is 0.259. The van der Waals surface area contributed by atoms with Crippen LogP contribution in [0.1, 0.15) is 19.8 Å². The van der Waals surface area contributed by atoms with Crippen molar-refractivity contribution in [1.82, 2.24) is 14.9 Å². The van der Waals surface area contributed by atoms with Gasteiger partial charge in [0, 0.05) is 6.54 Å². The summed E-state index contributed by atoms with van der Waals surface area (Å²) in [6.07, 6.45) is 2.25. The first-order valence-electron chi connectivity index (χ1n) is 6.70. The van der Waals surface area contributed by atoms with Gasteiger partial charge < -0.3 is 5.32 Å². The van der Waals surface area contributed by atoms with Crippen LogP contribution in [0.25, 0.3) is 0 Å². The molecule has 7 heteroatoms. The molecular weight excluding hydrogens is 276 g/mol. The Balaban J connectivity index is 1.96. The van der Waals surface area contributed by atoms with Gasteiger partial charge in [0.25, 0.3) is 10.0 Å². The van der Waals surface area contributed by atoms with E-state index in [9.17, 15) is 8.42 Å². The van der Waals surface area contributed by atoms with Gasteiger partial charge in [-0.15, -0.1) is 0 Å². The summed E-state index contributed by atoms with van der Waals surface area (Å²) < 4.78 is 26.7. The fourth-order valence-corrected chi connectivity index (χ4v) is 2.87. The normalized spacial score (nSPS) is 16.4. The first-order valence-corrected chi connectivity index (χ1v) is 8.18. The van der Waals surface area contributed by atoms with Gasteiger partial charge in [-0.2, -0.15) is 0 Å². The second kappa shape index (κ2) is 6.71. The molecule has 0 aliphatic carbocycles. The zero-order valence-electron chi connectivity index (χ0n) is 11.5. The number of nitrogens with one attached hydrogen (secondary N) is 2. The number of rotatable bonds is 5. The van der Waals surface area contributed by atoms with Gasteiger partial charge in [-0.3, -0.25) is 4.90 Å². The molecule has 0 saturated carbocycles. The van der Waals surface area contributed by atoms with Crippen molar-refractivity contribution < 1.29 is 8.42 Å². The number of hydrogen-bond acceptors (Lipinski definition) is 5. The van der Waals surface area contributed by atoms with Crippen LogP contribution in [-0.4, -0.2) is 39.2 Å². The number of hydrogen-bond donors (Lipinski definition) is 2. The summed E-state index contributed by atoms with van der Waals surface area (Å²) in [5.74, 6) is 0.307. The molecule has 0 fully saturated rings. The van der Waals surface area contributed by atoms with Crippen LogP contribution in [0.3, 0.4) is 0 Å². The number of guanidine groups is 1. The van der Waals surface area contributed by atoms with Crippen LogP contribution in [-0.2, 0) is 10.0 Å². The predicted octanol–water partition coefficient (Wildman–Crippen LogP) is 0.941. The van der Waals surface area contributed by atoms with E-state index in [4.69, 9.17) is 0 Å². The molecule has 0 aromatic heterocycles. The Labute approximate surface area is 119 Å². The van der Waals surface area contributed by atoms with E-state index in [-0.39, 0.29) is 4.90 Å². The van der Waals surface area contributed by atoms with E-state index in [1.807, 2.05) is 0 Å². The number of unbranched alkanes of at least 4 members (excludes halogenated alkanes) is 1. The fraction of sp³-hybridized carbons (Fsp3) is 0.462. The lowest BCUT2D eigenvalue weighted by Crippen LogP contribution is -2.50. The van der Waals surface area contributed by atoms with Crippen molar-refractivity contribution >= 4 is 16.0 Å². The summed E-state index contributed by atoms with van der Waals surface area (Å²) in [6, 6.07) is 8.27. The van der Waals surface area contributed by atoms with Crippen LogP contribution < -0.4 is 10.0 Å². The molecule has 0 radical (unpaired) electrons. The lowest BCUT2D eigenvalue weighted by Gasteiger charge is -2.26. The van der Waals surface area contributed by atoms with Crippen molar-refractivity contribution in [2.45, 2.75) is 24.7 Å². The maximum absolute atomic E-state index is 12.1. The summed E-state index contributed by atoms with van der Waals surface area (Å²) in [6.45, 7) is 4.22. The Kier molecular flexibility index (Phi) is 4.97. The molecule has 1 aliphatic heterocycles. The van der Waals surface area contributed by atoms with Crippen molar-refractivity contribution in [1.29, 1.82) is 0 Å². The zero-order chi connectivity index (χ0) is 14.4. The highest BCUT2D eigenvalue weighted by molar-refractivity contribution is 7.90. The molecule has 0 amide bonds. The molecule has 2 N–H and O–H groups in total. The third-order valence-corrected chi connectivity index (χ3v) is 4.37. The highest BCUT2D eigenvalue weighted by Crippen LogP contribution is 2.07. The van der Waals surface area contributed by atoms with Gasteiger partial charge in [-0.05, 0) is 18.6 Å². The smallest absolute Gasteiger partial charge is 0.264 e. The number of benzene rings is 1. The van der Waals surface area contributed by atoms with E-state index >= 15 is 0 Å². The average Bonchev–Trinajstić information content (AvgIpc) is 2.47. The molecular formula is C13H20N4O2S. The van der Waals surface area contributed by atoms with Crippen molar-refractivity contribution in [3.63, 3.8) is 0 Å². The third kappa shape index (κ3) is 3.94. The molecule has 1 heterocycles. The third-order valence-electron chi connectivity index (χ3n) is 3.01. The summed E-state index contributed by atoms with van der Waals surface area (Å²) in [4.78, 5) is 6.58. The SMILES string of the molecule is CCCCN1CN=C(NS(=O)(=O)c2ccccc2)NC1. The molecule has 1 aromatic carbocycles. The molecule has 0 atom stereocenters. The molecule has 6 nitrogen and oxygen atoms in total. The predicted molar refractivity (Wildman–Crippen MR) is 78.7 cm³/mol. The van der Waals surface area contributed by atoms with Gasteiger partial charge in [0.2, 0.25) is 5.96 Å². The van der Waals surface area contributed by atoms with Crippen molar-refractivity contribution in [2.24, 2.45) is 4.99 Å². The van der Waals surface area contributed by atoms with E-state index < -0.39 is 10.0 Å². The fourth-order valence-electron chi connectivity index (χ4n) is 1.85. The minimum absolute atomic E-state index is 0.234. The van der Waals surface area contributed by atoms with Crippen LogP contribution in [0.15, 0.2) is 40.2 Å². The molecule has 0 bridgehead atoms. The monoisotopic (exact) mass is 296 g/mol. The number of aliphatic imine (C=N–C) groups is 1. The van der Waals surface area contributed by atoms with Gasteiger partial charge in [0.15, 0.2) is 0 Å². The standard InChI is InChI=1S/C13H20N4O2S/c1-2-3-9-17-10-14-13(15-11-17)16-20(18,19)12-7-5-4-6-8-12/h4-8H,2-3,9-11H2,1H3,(H2,14,15,16). The van der Waals surface area contributed by atoms with E-state index in [1.54, 1.807) is 30.3 Å². The second-order valence-electron chi connectivity index (χ2n) is 4.65. The Bertz CT molecular complexity index is 557. The van der Waals surface area contributed by atoms with E-state index in [0.717, 1.165) is 19.4 Å². The summed E-state index contributed by atoms with van der Waals surface area (Å²) in [5, 5.41) is 2.99.